The lowest BCUT2D eigenvalue weighted by Gasteiger charge is -2.32. The molecule has 1 aliphatic rings. The first-order chi connectivity index (χ1) is 12.5. The summed E-state index contributed by atoms with van der Waals surface area (Å²) in [5, 5.41) is 0.621. The highest BCUT2D eigenvalue weighted by Crippen LogP contribution is 2.21. The fourth-order valence-corrected chi connectivity index (χ4v) is 2.90. The van der Waals surface area contributed by atoms with Gasteiger partial charge in [0.05, 0.1) is 16.7 Å². The summed E-state index contributed by atoms with van der Waals surface area (Å²) in [5.74, 6) is 1.04. The van der Waals surface area contributed by atoms with Crippen LogP contribution in [0.4, 0.5) is 5.82 Å². The van der Waals surface area contributed by atoms with Gasteiger partial charge in [-0.2, -0.15) is 0 Å². The molecule has 0 aliphatic carbocycles. The first-order valence-corrected chi connectivity index (χ1v) is 9.09. The zero-order chi connectivity index (χ0) is 18.5. The minimum atomic E-state index is -0.350. The Balaban J connectivity index is 1.50. The normalized spacial score (nSPS) is 15.2. The SMILES string of the molecule is CC(C)Oc1ccc(C(=O)OC2CCN(c3ccc(Cl)cn3)CC2)cn1. The van der Waals surface area contributed by atoms with Gasteiger partial charge in [-0.1, -0.05) is 11.6 Å². The van der Waals surface area contributed by atoms with Crippen LogP contribution in [0.5, 0.6) is 5.88 Å². The fourth-order valence-electron chi connectivity index (χ4n) is 2.79. The molecule has 2 aromatic heterocycles. The minimum absolute atomic E-state index is 0.0422. The Morgan fingerprint density at radius 1 is 1.15 bits per heavy atom. The lowest BCUT2D eigenvalue weighted by Crippen LogP contribution is -2.38. The second-order valence-electron chi connectivity index (χ2n) is 6.48. The van der Waals surface area contributed by atoms with Gasteiger partial charge in [0.25, 0.3) is 0 Å². The molecule has 138 valence electrons. The Hall–Kier alpha value is -2.34. The second-order valence-corrected chi connectivity index (χ2v) is 6.91. The summed E-state index contributed by atoms with van der Waals surface area (Å²) < 4.78 is 11.1. The van der Waals surface area contributed by atoms with E-state index in [0.717, 1.165) is 31.7 Å². The molecule has 0 N–H and O–H groups in total. The van der Waals surface area contributed by atoms with Crippen molar-refractivity contribution in [2.45, 2.75) is 38.9 Å². The summed E-state index contributed by atoms with van der Waals surface area (Å²) in [6.07, 6.45) is 4.60. The van der Waals surface area contributed by atoms with E-state index >= 15 is 0 Å². The first-order valence-electron chi connectivity index (χ1n) is 8.71. The van der Waals surface area contributed by atoms with Gasteiger partial charge in [-0.15, -0.1) is 0 Å². The average Bonchev–Trinajstić information content (AvgIpc) is 2.63. The van der Waals surface area contributed by atoms with Crippen molar-refractivity contribution in [1.29, 1.82) is 0 Å². The van der Waals surface area contributed by atoms with E-state index < -0.39 is 0 Å². The van der Waals surface area contributed by atoms with E-state index in [2.05, 4.69) is 14.9 Å². The molecule has 7 heteroatoms. The van der Waals surface area contributed by atoms with E-state index in [1.54, 1.807) is 18.3 Å². The van der Waals surface area contributed by atoms with Crippen LogP contribution in [0.25, 0.3) is 0 Å². The molecule has 3 rings (SSSR count). The topological polar surface area (TPSA) is 64.6 Å². The van der Waals surface area contributed by atoms with Gasteiger partial charge < -0.3 is 14.4 Å². The van der Waals surface area contributed by atoms with E-state index in [1.165, 1.54) is 6.20 Å². The largest absolute Gasteiger partial charge is 0.475 e. The van der Waals surface area contributed by atoms with Crippen molar-refractivity contribution in [3.8, 4) is 5.88 Å². The van der Waals surface area contributed by atoms with Crippen molar-refractivity contribution in [1.82, 2.24) is 9.97 Å². The van der Waals surface area contributed by atoms with Gasteiger partial charge in [0.15, 0.2) is 0 Å². The third kappa shape index (κ3) is 4.85. The number of rotatable bonds is 5. The first kappa shape index (κ1) is 18.5. The number of nitrogens with zero attached hydrogens (tertiary/aromatic N) is 3. The number of anilines is 1. The maximum atomic E-state index is 12.3. The van der Waals surface area contributed by atoms with E-state index in [4.69, 9.17) is 21.1 Å². The molecular weight excluding hydrogens is 354 g/mol. The minimum Gasteiger partial charge on any atom is -0.475 e. The van der Waals surface area contributed by atoms with E-state index in [9.17, 15) is 4.79 Å². The van der Waals surface area contributed by atoms with Crippen LogP contribution in [0, 0.1) is 0 Å². The monoisotopic (exact) mass is 375 g/mol. The van der Waals surface area contributed by atoms with Crippen molar-refractivity contribution in [3.05, 3.63) is 47.2 Å². The van der Waals surface area contributed by atoms with Crippen LogP contribution in [0.3, 0.4) is 0 Å². The van der Waals surface area contributed by atoms with Gasteiger partial charge in [0, 0.05) is 44.4 Å². The van der Waals surface area contributed by atoms with Gasteiger partial charge in [-0.05, 0) is 32.0 Å². The quantitative estimate of drug-likeness (QED) is 0.742. The standard InChI is InChI=1S/C19H22ClN3O3/c1-13(2)25-18-6-3-14(11-22-18)19(24)26-16-7-9-23(10-8-16)17-5-4-15(20)12-21-17/h3-6,11-13,16H,7-10H2,1-2H3. The molecule has 0 saturated carbocycles. The highest BCUT2D eigenvalue weighted by molar-refractivity contribution is 6.30. The van der Waals surface area contributed by atoms with E-state index in [1.807, 2.05) is 26.0 Å². The van der Waals surface area contributed by atoms with Gasteiger partial charge >= 0.3 is 5.97 Å². The van der Waals surface area contributed by atoms with Crippen LogP contribution in [-0.2, 0) is 4.74 Å². The van der Waals surface area contributed by atoms with E-state index in [0.29, 0.717) is 16.5 Å². The molecule has 0 amide bonds. The van der Waals surface area contributed by atoms with Crippen LogP contribution >= 0.6 is 11.6 Å². The van der Waals surface area contributed by atoms with Crippen LogP contribution in [0.15, 0.2) is 36.7 Å². The second kappa shape index (κ2) is 8.36. The van der Waals surface area contributed by atoms with Crippen molar-refractivity contribution < 1.29 is 14.3 Å². The average molecular weight is 376 g/mol. The zero-order valence-electron chi connectivity index (χ0n) is 14.9. The lowest BCUT2D eigenvalue weighted by molar-refractivity contribution is 0.0244. The third-order valence-corrected chi connectivity index (χ3v) is 4.30. The Kier molecular flexibility index (Phi) is 5.93. The Labute approximate surface area is 158 Å². The number of ether oxygens (including phenoxy) is 2. The number of carbonyl (C=O) groups is 1. The van der Waals surface area contributed by atoms with Crippen molar-refractivity contribution in [2.24, 2.45) is 0 Å². The predicted molar refractivity (Wildman–Crippen MR) is 99.9 cm³/mol. The number of esters is 1. The molecular formula is C19H22ClN3O3. The lowest BCUT2D eigenvalue weighted by atomic mass is 10.1. The summed E-state index contributed by atoms with van der Waals surface area (Å²) in [5.41, 5.74) is 0.433. The predicted octanol–water partition coefficient (Wildman–Crippen LogP) is 3.74. The van der Waals surface area contributed by atoms with Crippen LogP contribution in [0.2, 0.25) is 5.02 Å². The molecule has 1 aliphatic heterocycles. The number of hydrogen-bond acceptors (Lipinski definition) is 6. The van der Waals surface area contributed by atoms with Gasteiger partial charge in [-0.25, -0.2) is 14.8 Å². The molecule has 0 spiro atoms. The number of piperidine rings is 1. The number of aromatic nitrogens is 2. The molecule has 3 heterocycles. The molecule has 0 bridgehead atoms. The molecule has 0 aromatic carbocycles. The maximum Gasteiger partial charge on any atom is 0.339 e. The summed E-state index contributed by atoms with van der Waals surface area (Å²) in [6, 6.07) is 7.10. The molecule has 1 fully saturated rings. The van der Waals surface area contributed by atoms with Crippen LogP contribution < -0.4 is 9.64 Å². The summed E-state index contributed by atoms with van der Waals surface area (Å²) in [4.78, 5) is 22.9. The van der Waals surface area contributed by atoms with Crippen LogP contribution in [0.1, 0.15) is 37.0 Å². The molecule has 0 unspecified atom stereocenters. The van der Waals surface area contributed by atoms with Gasteiger partial charge in [0.1, 0.15) is 11.9 Å². The molecule has 2 aromatic rings. The highest BCUT2D eigenvalue weighted by atomic mass is 35.5. The number of pyridine rings is 2. The number of hydrogen-bond donors (Lipinski definition) is 0. The zero-order valence-corrected chi connectivity index (χ0v) is 15.6. The fraction of sp³-hybridized carbons (Fsp3) is 0.421. The number of carbonyl (C=O) groups excluding carboxylic acids is 1. The highest BCUT2D eigenvalue weighted by Gasteiger charge is 2.23. The molecule has 1 saturated heterocycles. The number of halogens is 1. The third-order valence-electron chi connectivity index (χ3n) is 4.08. The van der Waals surface area contributed by atoms with Gasteiger partial charge in [-0.3, -0.25) is 0 Å². The molecule has 0 radical (unpaired) electrons. The Morgan fingerprint density at radius 3 is 2.50 bits per heavy atom. The molecule has 0 atom stereocenters. The Morgan fingerprint density at radius 2 is 1.92 bits per heavy atom. The summed E-state index contributed by atoms with van der Waals surface area (Å²) in [6.45, 7) is 5.42. The van der Waals surface area contributed by atoms with Crippen molar-refractivity contribution in [2.75, 3.05) is 18.0 Å². The summed E-state index contributed by atoms with van der Waals surface area (Å²) in [7, 11) is 0. The van der Waals surface area contributed by atoms with E-state index in [-0.39, 0.29) is 18.2 Å². The summed E-state index contributed by atoms with van der Waals surface area (Å²) >= 11 is 5.87. The smallest absolute Gasteiger partial charge is 0.339 e. The van der Waals surface area contributed by atoms with Gasteiger partial charge in [0.2, 0.25) is 5.88 Å². The molecule has 6 nitrogen and oxygen atoms in total. The molecule has 26 heavy (non-hydrogen) atoms. The van der Waals surface area contributed by atoms with Crippen molar-refractivity contribution >= 4 is 23.4 Å². The maximum absolute atomic E-state index is 12.3. The van der Waals surface area contributed by atoms with Crippen molar-refractivity contribution in [3.63, 3.8) is 0 Å². The van der Waals surface area contributed by atoms with Crippen LogP contribution in [-0.4, -0.2) is 41.2 Å². The Bertz CT molecular complexity index is 727.